The molecule has 0 amide bonds. The molecule has 7 heterocycles. The summed E-state index contributed by atoms with van der Waals surface area (Å²) in [5.74, 6) is 0.582. The maximum Gasteiger partial charge on any atom is 0.229 e. The van der Waals surface area contributed by atoms with Gasteiger partial charge in [0, 0.05) is 67.9 Å². The number of imidazole rings is 1. The van der Waals surface area contributed by atoms with Crippen molar-refractivity contribution in [2.75, 3.05) is 24.7 Å². The van der Waals surface area contributed by atoms with E-state index in [0.717, 1.165) is 35.9 Å². The fourth-order valence-electron chi connectivity index (χ4n) is 5.71. The predicted molar refractivity (Wildman–Crippen MR) is 128 cm³/mol. The summed E-state index contributed by atoms with van der Waals surface area (Å²) in [7, 11) is 0. The Bertz CT molecular complexity index is 1180. The quantitative estimate of drug-likeness (QED) is 0.274. The van der Waals surface area contributed by atoms with Gasteiger partial charge >= 0.3 is 0 Å². The zero-order chi connectivity index (χ0) is 23.3. The number of nitrogens with one attached hydrogen (secondary N) is 5. The molecule has 3 aliphatic rings. The minimum Gasteiger partial charge on any atom is -0.363 e. The molecule has 0 bridgehead atoms. The maximum absolute atomic E-state index is 6.98. The van der Waals surface area contributed by atoms with Crippen LogP contribution in [-0.2, 0) is 16.0 Å². The van der Waals surface area contributed by atoms with Crippen LogP contribution < -0.4 is 15.9 Å². The highest BCUT2D eigenvalue weighted by Gasteiger charge is 2.76. The largest absolute Gasteiger partial charge is 0.363 e. The number of anilines is 1. The van der Waals surface area contributed by atoms with Crippen LogP contribution in [0.5, 0.6) is 0 Å². The Balaban J connectivity index is 1.61. The van der Waals surface area contributed by atoms with E-state index in [1.165, 1.54) is 0 Å². The van der Waals surface area contributed by atoms with Gasteiger partial charge in [0.1, 0.15) is 5.01 Å². The monoisotopic (exact) mass is 491 g/mol. The van der Waals surface area contributed by atoms with Crippen molar-refractivity contribution in [2.45, 2.75) is 23.7 Å². The van der Waals surface area contributed by atoms with Gasteiger partial charge in [0.05, 0.1) is 5.69 Å². The molecule has 0 aliphatic carbocycles. The smallest absolute Gasteiger partial charge is 0.229 e. The standard InChI is InChI=1S/C22H25N11OS/c1-4-17(23-6-1)21(31-13-2-7-28-31)18(16-5-9-27-30-16)34-33(20-25-10-11-26-20)22(21,19-24-12-15-35-19)32-14-3-8-29-32/h1-2,4-7,9-12,15,18,23,28-29H,3,8,13-14H2,(H,25,26)(H,27,30). The Kier molecular flexibility index (Phi) is 4.78. The van der Waals surface area contributed by atoms with Gasteiger partial charge in [-0.1, -0.05) is 6.08 Å². The molecule has 3 aliphatic heterocycles. The highest BCUT2D eigenvalue weighted by molar-refractivity contribution is 7.09. The second-order valence-corrected chi connectivity index (χ2v) is 9.51. The van der Waals surface area contributed by atoms with Gasteiger partial charge in [-0.05, 0) is 24.6 Å². The molecular formula is C22H25N11OS. The summed E-state index contributed by atoms with van der Waals surface area (Å²) >= 11 is 1.59. The summed E-state index contributed by atoms with van der Waals surface area (Å²) in [4.78, 5) is 23.4. The number of hydrazine groups is 2. The number of hydroxylamine groups is 1. The van der Waals surface area contributed by atoms with E-state index in [2.05, 4.69) is 58.2 Å². The number of thiazole rings is 1. The molecule has 13 heteroatoms. The van der Waals surface area contributed by atoms with Crippen molar-refractivity contribution < 1.29 is 4.84 Å². The lowest BCUT2D eigenvalue weighted by atomic mass is 9.74. The molecule has 2 saturated heterocycles. The number of hydrogen-bond donors (Lipinski definition) is 5. The summed E-state index contributed by atoms with van der Waals surface area (Å²) in [6.45, 7) is 2.29. The van der Waals surface area contributed by atoms with Crippen molar-refractivity contribution in [3.63, 3.8) is 0 Å². The van der Waals surface area contributed by atoms with E-state index >= 15 is 0 Å². The van der Waals surface area contributed by atoms with Gasteiger partial charge in [0.25, 0.3) is 0 Å². The lowest BCUT2D eigenvalue weighted by Crippen LogP contribution is -2.73. The highest BCUT2D eigenvalue weighted by atomic mass is 32.1. The lowest BCUT2D eigenvalue weighted by molar-refractivity contribution is -0.0962. The molecule has 2 fully saturated rings. The first-order chi connectivity index (χ1) is 17.4. The van der Waals surface area contributed by atoms with E-state index in [1.54, 1.807) is 29.9 Å². The first kappa shape index (κ1) is 20.8. The molecule has 12 nitrogen and oxygen atoms in total. The van der Waals surface area contributed by atoms with Crippen LogP contribution in [0.25, 0.3) is 0 Å². The minimum atomic E-state index is -0.977. The minimum absolute atomic E-state index is 0.521. The third-order valence-corrected chi connectivity index (χ3v) is 7.82. The van der Waals surface area contributed by atoms with Gasteiger partial charge in [-0.15, -0.1) is 11.3 Å². The topological polar surface area (TPSA) is 129 Å². The summed E-state index contributed by atoms with van der Waals surface area (Å²) in [6, 6.07) is 6.09. The van der Waals surface area contributed by atoms with Gasteiger partial charge in [0.15, 0.2) is 11.6 Å². The molecule has 3 atom stereocenters. The number of H-pyrrole nitrogens is 3. The fraction of sp³-hybridized carbons (Fsp3) is 0.318. The van der Waals surface area contributed by atoms with Crippen LogP contribution in [0, 0.1) is 0 Å². The lowest BCUT2D eigenvalue weighted by Gasteiger charge is -2.53. The molecule has 7 rings (SSSR count). The molecule has 4 aromatic heterocycles. The zero-order valence-corrected chi connectivity index (χ0v) is 19.6. The van der Waals surface area contributed by atoms with E-state index in [-0.39, 0.29) is 0 Å². The number of aromatic nitrogens is 6. The fourth-order valence-corrected chi connectivity index (χ4v) is 6.60. The van der Waals surface area contributed by atoms with Crippen LogP contribution in [0.3, 0.4) is 0 Å². The van der Waals surface area contributed by atoms with E-state index in [9.17, 15) is 0 Å². The number of nitrogens with zero attached hydrogens (tertiary/aromatic N) is 6. The van der Waals surface area contributed by atoms with Crippen LogP contribution in [0.2, 0.25) is 0 Å². The Hall–Kier alpha value is -3.49. The molecule has 5 N–H and O–H groups in total. The molecule has 0 saturated carbocycles. The van der Waals surface area contributed by atoms with Gasteiger partial charge in [0.2, 0.25) is 11.6 Å². The summed E-state index contributed by atoms with van der Waals surface area (Å²) < 4.78 is 0. The number of hydrogen-bond acceptors (Lipinski definition) is 10. The van der Waals surface area contributed by atoms with Gasteiger partial charge < -0.3 is 15.4 Å². The second-order valence-electron chi connectivity index (χ2n) is 8.62. The van der Waals surface area contributed by atoms with Crippen molar-refractivity contribution in [2.24, 2.45) is 0 Å². The van der Waals surface area contributed by atoms with E-state index in [4.69, 9.17) is 9.82 Å². The zero-order valence-electron chi connectivity index (χ0n) is 18.8. The molecule has 0 spiro atoms. The Morgan fingerprint density at radius 2 is 2.09 bits per heavy atom. The first-order valence-corrected chi connectivity index (χ1v) is 12.4. The van der Waals surface area contributed by atoms with Gasteiger partial charge in [-0.3, -0.25) is 15.4 Å². The Labute approximate surface area is 204 Å². The molecule has 3 unspecified atom stereocenters. The van der Waals surface area contributed by atoms with Crippen LogP contribution in [-0.4, -0.2) is 59.8 Å². The first-order valence-electron chi connectivity index (χ1n) is 11.6. The third-order valence-electron chi connectivity index (χ3n) is 6.95. The third kappa shape index (κ3) is 2.72. The Morgan fingerprint density at radius 1 is 1.09 bits per heavy atom. The highest BCUT2D eigenvalue weighted by Crippen LogP contribution is 2.63. The van der Waals surface area contributed by atoms with Crippen molar-refractivity contribution >= 4 is 17.3 Å². The van der Waals surface area contributed by atoms with Crippen molar-refractivity contribution in [3.05, 3.63) is 83.2 Å². The van der Waals surface area contributed by atoms with Gasteiger partial charge in [-0.2, -0.15) is 10.2 Å². The van der Waals surface area contributed by atoms with Crippen LogP contribution in [0.15, 0.2) is 66.8 Å². The van der Waals surface area contributed by atoms with Crippen molar-refractivity contribution in [1.82, 2.24) is 51.0 Å². The molecule has 0 aromatic carbocycles. The normalized spacial score (nSPS) is 29.4. The Morgan fingerprint density at radius 3 is 2.74 bits per heavy atom. The van der Waals surface area contributed by atoms with Crippen LogP contribution in [0.4, 0.5) is 5.95 Å². The van der Waals surface area contributed by atoms with Crippen molar-refractivity contribution in [1.29, 1.82) is 0 Å². The molecule has 0 radical (unpaired) electrons. The van der Waals surface area contributed by atoms with E-state index in [0.29, 0.717) is 12.5 Å². The van der Waals surface area contributed by atoms with Crippen LogP contribution in [0.1, 0.15) is 28.9 Å². The predicted octanol–water partition coefficient (Wildman–Crippen LogP) is 1.70. The average Bonchev–Trinajstić information content (AvgIpc) is 3.71. The number of aromatic amines is 3. The van der Waals surface area contributed by atoms with E-state index < -0.39 is 17.3 Å². The van der Waals surface area contributed by atoms with Gasteiger partial charge in [-0.25, -0.2) is 20.0 Å². The maximum atomic E-state index is 6.98. The van der Waals surface area contributed by atoms with E-state index in [1.807, 2.05) is 41.2 Å². The molecule has 4 aromatic rings. The second kappa shape index (κ2) is 8.03. The summed E-state index contributed by atoms with van der Waals surface area (Å²) in [5.41, 5.74) is 7.10. The van der Waals surface area contributed by atoms with Crippen LogP contribution >= 0.6 is 11.3 Å². The summed E-state index contributed by atoms with van der Waals surface area (Å²) in [6.07, 6.45) is 13.6. The SMILES string of the molecule is C1=CNN(C2(c3ccc[nH]3)C(c3ccn[nH]3)ON(c3ncc[nH]3)C2(c2nccs2)N2CCCN2)C1. The average molecular weight is 492 g/mol. The number of rotatable bonds is 6. The molecular weight excluding hydrogens is 466 g/mol. The molecule has 35 heavy (non-hydrogen) atoms. The summed E-state index contributed by atoms with van der Waals surface area (Å²) in [5, 5.41) is 16.7. The van der Waals surface area contributed by atoms with Crippen molar-refractivity contribution in [3.8, 4) is 0 Å². The molecule has 180 valence electrons.